The van der Waals surface area contributed by atoms with E-state index >= 15 is 0 Å². The summed E-state index contributed by atoms with van der Waals surface area (Å²) in [5.41, 5.74) is 2.60. The molecule has 2 N–H and O–H groups in total. The van der Waals surface area contributed by atoms with Crippen LogP contribution in [-0.4, -0.2) is 21.7 Å². The summed E-state index contributed by atoms with van der Waals surface area (Å²) in [4.78, 5) is 29.5. The first kappa shape index (κ1) is 14.4. The van der Waals surface area contributed by atoms with E-state index in [1.165, 1.54) is 0 Å². The number of ketones is 1. The molecule has 0 saturated carbocycles. The van der Waals surface area contributed by atoms with Gasteiger partial charge in [0.05, 0.1) is 11.4 Å². The van der Waals surface area contributed by atoms with Gasteiger partial charge in [0, 0.05) is 34.5 Å². The van der Waals surface area contributed by atoms with Crippen molar-refractivity contribution in [1.29, 1.82) is 0 Å². The molecule has 0 atom stereocenters. The third-order valence-corrected chi connectivity index (χ3v) is 3.72. The molecule has 0 bridgehead atoms. The van der Waals surface area contributed by atoms with Crippen LogP contribution in [0, 0.1) is 6.92 Å². The number of aromatic amines is 2. The Labute approximate surface area is 130 Å². The topological polar surface area (TPSA) is 88.8 Å². The number of nitrogens with one attached hydrogen (secondary N) is 2. The number of aryl methyl sites for hydroxylation is 1. The monoisotopic (exact) mass is 315 g/mol. The molecule has 0 unspecified atom stereocenters. The molecule has 3 aromatic rings. The molecule has 3 rings (SSSR count). The fourth-order valence-corrected chi connectivity index (χ4v) is 2.68. The minimum atomic E-state index is -1.25. The number of aromatic nitrogens is 2. The fraction of sp³-hybridized carbons (Fsp3) is 0.125. The van der Waals surface area contributed by atoms with Crippen molar-refractivity contribution >= 4 is 34.3 Å². The van der Waals surface area contributed by atoms with Gasteiger partial charge >= 0.3 is 0 Å². The predicted molar refractivity (Wildman–Crippen MR) is 81.0 cm³/mol. The van der Waals surface area contributed by atoms with Gasteiger partial charge in [-0.15, -0.1) is 0 Å². The molecule has 5 nitrogen and oxygen atoms in total. The molecular weight excluding hydrogens is 304 g/mol. The van der Waals surface area contributed by atoms with Crippen molar-refractivity contribution in [2.45, 2.75) is 13.3 Å². The summed E-state index contributed by atoms with van der Waals surface area (Å²) in [5, 5.41) is 12.1. The lowest BCUT2D eigenvalue weighted by Gasteiger charge is -2.04. The van der Waals surface area contributed by atoms with Gasteiger partial charge in [0.2, 0.25) is 5.78 Å². The van der Waals surface area contributed by atoms with Crippen molar-refractivity contribution < 1.29 is 14.7 Å². The van der Waals surface area contributed by atoms with Gasteiger partial charge in [-0.1, -0.05) is 11.6 Å². The minimum absolute atomic E-state index is 0.239. The summed E-state index contributed by atoms with van der Waals surface area (Å²) in [6.07, 6.45) is 1.35. The van der Waals surface area contributed by atoms with Crippen LogP contribution in [0.4, 0.5) is 0 Å². The Morgan fingerprint density at radius 3 is 2.68 bits per heavy atom. The highest BCUT2D eigenvalue weighted by molar-refractivity contribution is 6.31. The Balaban J connectivity index is 2.19. The lowest BCUT2D eigenvalue weighted by Crippen LogP contribution is -2.25. The Morgan fingerprint density at radius 1 is 1.27 bits per heavy atom. The quantitative estimate of drug-likeness (QED) is 0.721. The zero-order valence-corrected chi connectivity index (χ0v) is 12.5. The molecule has 0 fully saturated rings. The average molecular weight is 316 g/mol. The molecule has 1 aromatic carbocycles. The third kappa shape index (κ3) is 2.51. The zero-order chi connectivity index (χ0) is 15.9. The summed E-state index contributed by atoms with van der Waals surface area (Å²) in [6, 6.07) is 6.75. The largest absolute Gasteiger partial charge is 0.550 e. The van der Waals surface area contributed by atoms with Crippen molar-refractivity contribution in [2.75, 3.05) is 0 Å². The van der Waals surface area contributed by atoms with E-state index in [2.05, 4.69) is 9.97 Å². The summed E-state index contributed by atoms with van der Waals surface area (Å²) < 4.78 is 0. The Kier molecular flexibility index (Phi) is 3.50. The van der Waals surface area contributed by atoms with Gasteiger partial charge in [0.25, 0.3) is 0 Å². The van der Waals surface area contributed by atoms with Crippen LogP contribution in [0.2, 0.25) is 5.02 Å². The highest BCUT2D eigenvalue weighted by atomic mass is 35.5. The maximum Gasteiger partial charge on any atom is 0.225 e. The number of H-pyrrole nitrogens is 2. The number of carboxylic acid groups (broad SMARTS) is 1. The second-order valence-corrected chi connectivity index (χ2v) is 5.57. The molecule has 22 heavy (non-hydrogen) atoms. The van der Waals surface area contributed by atoms with E-state index in [4.69, 9.17) is 11.6 Å². The van der Waals surface area contributed by atoms with Crippen LogP contribution in [0.1, 0.15) is 27.3 Å². The number of aliphatic carboxylic acids is 1. The van der Waals surface area contributed by atoms with E-state index in [-0.39, 0.29) is 17.9 Å². The number of halogens is 1. The van der Waals surface area contributed by atoms with Crippen molar-refractivity contribution in [3.05, 3.63) is 58.0 Å². The van der Waals surface area contributed by atoms with E-state index in [1.54, 1.807) is 30.5 Å². The Bertz CT molecular complexity index is 892. The van der Waals surface area contributed by atoms with E-state index in [0.29, 0.717) is 27.2 Å². The first-order chi connectivity index (χ1) is 10.5. The molecule has 0 aliphatic heterocycles. The average Bonchev–Trinajstić information content (AvgIpc) is 3.03. The molecule has 2 heterocycles. The number of hydrogen-bond donors (Lipinski definition) is 2. The summed E-state index contributed by atoms with van der Waals surface area (Å²) in [6.45, 7) is 1.86. The number of carbonyl (C=O) groups excluding carboxylic acids is 2. The highest BCUT2D eigenvalue weighted by Gasteiger charge is 2.20. The maximum absolute atomic E-state index is 12.6. The smallest absolute Gasteiger partial charge is 0.225 e. The third-order valence-electron chi connectivity index (χ3n) is 3.49. The first-order valence-electron chi connectivity index (χ1n) is 6.65. The second kappa shape index (κ2) is 5.35. The number of hydrogen-bond acceptors (Lipinski definition) is 3. The second-order valence-electron chi connectivity index (χ2n) is 5.14. The molecule has 6 heteroatoms. The van der Waals surface area contributed by atoms with Gasteiger partial charge in [-0.05, 0) is 42.3 Å². The van der Waals surface area contributed by atoms with Gasteiger partial charge in [-0.2, -0.15) is 0 Å². The van der Waals surface area contributed by atoms with Gasteiger partial charge in [0.15, 0.2) is 0 Å². The highest BCUT2D eigenvalue weighted by Crippen LogP contribution is 2.27. The van der Waals surface area contributed by atoms with E-state index in [1.807, 2.05) is 6.92 Å². The molecule has 0 amide bonds. The molecule has 2 aromatic heterocycles. The molecule has 112 valence electrons. The van der Waals surface area contributed by atoms with E-state index in [9.17, 15) is 14.7 Å². The van der Waals surface area contributed by atoms with Crippen molar-refractivity contribution in [3.8, 4) is 0 Å². The normalized spacial score (nSPS) is 11.0. The first-order valence-corrected chi connectivity index (χ1v) is 7.03. The van der Waals surface area contributed by atoms with E-state index < -0.39 is 5.97 Å². The maximum atomic E-state index is 12.6. The lowest BCUT2D eigenvalue weighted by atomic mass is 10.0. The minimum Gasteiger partial charge on any atom is -0.550 e. The molecule has 0 spiro atoms. The van der Waals surface area contributed by atoms with Crippen molar-refractivity contribution in [1.82, 2.24) is 9.97 Å². The van der Waals surface area contributed by atoms with Crippen LogP contribution < -0.4 is 5.11 Å². The standard InChI is InChI=1S/C16H13ClN2O3/c1-8-4-13(18-7-8)16(22)15-11(6-14(20)21)10-5-9(17)2-3-12(10)19-15/h2-5,7,18-19H,6H2,1H3,(H,20,21)/p-1. The van der Waals surface area contributed by atoms with Crippen LogP contribution in [0.3, 0.4) is 0 Å². The summed E-state index contributed by atoms with van der Waals surface area (Å²) in [7, 11) is 0. The Hall–Kier alpha value is -2.53. The molecule has 0 aliphatic carbocycles. The summed E-state index contributed by atoms with van der Waals surface area (Å²) >= 11 is 5.97. The van der Waals surface area contributed by atoms with Crippen LogP contribution in [0.5, 0.6) is 0 Å². The number of carboxylic acids is 1. The van der Waals surface area contributed by atoms with Crippen LogP contribution in [0.15, 0.2) is 30.5 Å². The Morgan fingerprint density at radius 2 is 2.05 bits per heavy atom. The van der Waals surface area contributed by atoms with Gasteiger partial charge in [0.1, 0.15) is 0 Å². The number of fused-ring (bicyclic) bond motifs is 1. The molecule has 0 aliphatic rings. The predicted octanol–water partition coefficient (Wildman–Crippen LogP) is 1.98. The zero-order valence-electron chi connectivity index (χ0n) is 11.7. The van der Waals surface area contributed by atoms with Crippen molar-refractivity contribution in [2.24, 2.45) is 0 Å². The van der Waals surface area contributed by atoms with E-state index in [0.717, 1.165) is 5.56 Å². The number of carbonyl (C=O) groups is 2. The molecule has 0 saturated heterocycles. The molecule has 0 radical (unpaired) electrons. The number of rotatable bonds is 4. The number of benzene rings is 1. The van der Waals surface area contributed by atoms with Crippen LogP contribution in [0.25, 0.3) is 10.9 Å². The van der Waals surface area contributed by atoms with Crippen molar-refractivity contribution in [3.63, 3.8) is 0 Å². The van der Waals surface area contributed by atoms with Crippen LogP contribution >= 0.6 is 11.6 Å². The fourth-order valence-electron chi connectivity index (χ4n) is 2.51. The van der Waals surface area contributed by atoms with Gasteiger partial charge in [-0.3, -0.25) is 4.79 Å². The molecular formula is C16H12ClN2O3-. The summed E-state index contributed by atoms with van der Waals surface area (Å²) in [5.74, 6) is -1.55. The lowest BCUT2D eigenvalue weighted by molar-refractivity contribution is -0.304. The van der Waals surface area contributed by atoms with Gasteiger partial charge in [-0.25, -0.2) is 0 Å². The SMILES string of the molecule is Cc1c[nH]c(C(=O)c2[nH]c3ccc(Cl)cc3c2CC(=O)[O-])c1. The van der Waals surface area contributed by atoms with Gasteiger partial charge < -0.3 is 19.9 Å². The van der Waals surface area contributed by atoms with Crippen LogP contribution in [-0.2, 0) is 11.2 Å².